The van der Waals surface area contributed by atoms with Gasteiger partial charge in [0.2, 0.25) is 0 Å². The van der Waals surface area contributed by atoms with Gasteiger partial charge in [-0.25, -0.2) is 0 Å². The summed E-state index contributed by atoms with van der Waals surface area (Å²) in [5, 5.41) is 3.13. The number of hydrogen-bond donors (Lipinski definition) is 1. The van der Waals surface area contributed by atoms with Crippen LogP contribution in [0.2, 0.25) is 0 Å². The van der Waals surface area contributed by atoms with Crippen molar-refractivity contribution >= 4 is 15.9 Å². The molecule has 0 aliphatic rings. The third-order valence-corrected chi connectivity index (χ3v) is 2.30. The summed E-state index contributed by atoms with van der Waals surface area (Å²) in [6.07, 6.45) is 1.99. The molecule has 0 unspecified atom stereocenters. The standard InChI is InChI=1S/C10H12FNO2S/c1-2-9-3-5-10(6-4-9)12-7-8-15(11,13)14/h3-8,12H,2H2,1H3. The van der Waals surface area contributed by atoms with Crippen LogP contribution in [0.5, 0.6) is 0 Å². The van der Waals surface area contributed by atoms with Crippen molar-refractivity contribution in [3.8, 4) is 0 Å². The van der Waals surface area contributed by atoms with Crippen molar-refractivity contribution in [3.05, 3.63) is 41.4 Å². The highest BCUT2D eigenvalue weighted by molar-refractivity contribution is 7.89. The van der Waals surface area contributed by atoms with Crippen LogP contribution in [-0.4, -0.2) is 8.42 Å². The Labute approximate surface area is 88.8 Å². The molecular formula is C10H12FNO2S. The quantitative estimate of drug-likeness (QED) is 0.806. The Balaban J connectivity index is 2.63. The van der Waals surface area contributed by atoms with Crippen LogP contribution in [0.15, 0.2) is 35.9 Å². The van der Waals surface area contributed by atoms with E-state index in [9.17, 15) is 12.3 Å². The Bertz CT molecular complexity index is 437. The summed E-state index contributed by atoms with van der Waals surface area (Å²) in [5.74, 6) is 0. The molecule has 0 saturated heterocycles. The molecule has 1 rings (SSSR count). The van der Waals surface area contributed by atoms with Crippen molar-refractivity contribution in [1.29, 1.82) is 0 Å². The summed E-state index contributed by atoms with van der Waals surface area (Å²) in [6, 6.07) is 7.43. The summed E-state index contributed by atoms with van der Waals surface area (Å²) in [7, 11) is -4.55. The van der Waals surface area contributed by atoms with Crippen LogP contribution in [-0.2, 0) is 16.6 Å². The molecule has 0 saturated carbocycles. The van der Waals surface area contributed by atoms with Crippen LogP contribution in [0, 0.1) is 0 Å². The van der Waals surface area contributed by atoms with Gasteiger partial charge in [-0.3, -0.25) is 0 Å². The zero-order valence-corrected chi connectivity index (χ0v) is 9.09. The second-order valence-corrected chi connectivity index (χ2v) is 4.20. The fourth-order valence-electron chi connectivity index (χ4n) is 1.05. The summed E-state index contributed by atoms with van der Waals surface area (Å²) in [5.41, 5.74) is 1.90. The fourth-order valence-corrected chi connectivity index (χ4v) is 1.28. The molecule has 1 aromatic carbocycles. The summed E-state index contributed by atoms with van der Waals surface area (Å²) >= 11 is 0. The van der Waals surface area contributed by atoms with E-state index >= 15 is 0 Å². The first-order chi connectivity index (χ1) is 7.01. The van der Waals surface area contributed by atoms with Gasteiger partial charge in [0.1, 0.15) is 0 Å². The van der Waals surface area contributed by atoms with Crippen molar-refractivity contribution in [1.82, 2.24) is 0 Å². The molecule has 0 fully saturated rings. The molecular weight excluding hydrogens is 217 g/mol. The van der Waals surface area contributed by atoms with Gasteiger partial charge in [-0.2, -0.15) is 8.42 Å². The van der Waals surface area contributed by atoms with Gasteiger partial charge >= 0.3 is 10.2 Å². The molecule has 0 atom stereocenters. The average Bonchev–Trinajstić information content (AvgIpc) is 2.17. The van der Waals surface area contributed by atoms with Gasteiger partial charge in [0, 0.05) is 11.9 Å². The van der Waals surface area contributed by atoms with E-state index in [4.69, 9.17) is 0 Å². The maximum atomic E-state index is 12.1. The average molecular weight is 229 g/mol. The molecule has 82 valence electrons. The lowest BCUT2D eigenvalue weighted by atomic mass is 10.1. The molecule has 0 amide bonds. The highest BCUT2D eigenvalue weighted by Crippen LogP contribution is 2.09. The molecule has 0 spiro atoms. The van der Waals surface area contributed by atoms with Crippen molar-refractivity contribution in [2.45, 2.75) is 13.3 Å². The first-order valence-electron chi connectivity index (χ1n) is 4.48. The molecule has 0 bridgehead atoms. The van der Waals surface area contributed by atoms with Gasteiger partial charge in [-0.15, -0.1) is 3.89 Å². The molecule has 0 radical (unpaired) electrons. The van der Waals surface area contributed by atoms with Crippen LogP contribution in [0.3, 0.4) is 0 Å². The van der Waals surface area contributed by atoms with Gasteiger partial charge in [0.05, 0.1) is 5.41 Å². The van der Waals surface area contributed by atoms with E-state index in [1.54, 1.807) is 12.1 Å². The van der Waals surface area contributed by atoms with Crippen molar-refractivity contribution < 1.29 is 12.3 Å². The largest absolute Gasteiger partial charge is 0.361 e. The van der Waals surface area contributed by atoms with E-state index in [2.05, 4.69) is 5.32 Å². The van der Waals surface area contributed by atoms with Gasteiger partial charge in [0.25, 0.3) is 0 Å². The lowest BCUT2D eigenvalue weighted by Gasteiger charge is -2.01. The maximum absolute atomic E-state index is 12.1. The minimum absolute atomic E-state index is 0.473. The van der Waals surface area contributed by atoms with Crippen molar-refractivity contribution in [2.75, 3.05) is 5.32 Å². The Morgan fingerprint density at radius 1 is 1.33 bits per heavy atom. The van der Waals surface area contributed by atoms with Crippen molar-refractivity contribution in [3.63, 3.8) is 0 Å². The third-order valence-electron chi connectivity index (χ3n) is 1.84. The Morgan fingerprint density at radius 3 is 2.40 bits per heavy atom. The van der Waals surface area contributed by atoms with Crippen LogP contribution in [0.25, 0.3) is 0 Å². The summed E-state index contributed by atoms with van der Waals surface area (Å²) in [6.45, 7) is 2.04. The smallest absolute Gasteiger partial charge is 0.326 e. The van der Waals surface area contributed by atoms with Crippen molar-refractivity contribution in [2.24, 2.45) is 0 Å². The number of rotatable bonds is 4. The van der Waals surface area contributed by atoms with Gasteiger partial charge in [-0.05, 0) is 24.1 Å². The summed E-state index contributed by atoms with van der Waals surface area (Å²) in [4.78, 5) is 0. The predicted molar refractivity (Wildman–Crippen MR) is 58.6 cm³/mol. The van der Waals surface area contributed by atoms with Gasteiger partial charge in [0.15, 0.2) is 0 Å². The summed E-state index contributed by atoms with van der Waals surface area (Å²) < 4.78 is 32.3. The first-order valence-corrected chi connectivity index (χ1v) is 5.92. The number of hydrogen-bond acceptors (Lipinski definition) is 3. The van der Waals surface area contributed by atoms with Crippen LogP contribution < -0.4 is 5.32 Å². The fraction of sp³-hybridized carbons (Fsp3) is 0.200. The second-order valence-electron chi connectivity index (χ2n) is 2.97. The highest BCUT2D eigenvalue weighted by atomic mass is 32.3. The number of benzene rings is 1. The lowest BCUT2D eigenvalue weighted by Crippen LogP contribution is -1.90. The molecule has 15 heavy (non-hydrogen) atoms. The second kappa shape index (κ2) is 4.93. The molecule has 1 aromatic rings. The number of halogens is 1. The molecule has 0 aliphatic carbocycles. The van der Waals surface area contributed by atoms with E-state index in [-0.39, 0.29) is 0 Å². The third kappa shape index (κ3) is 4.60. The number of anilines is 1. The number of aryl methyl sites for hydroxylation is 1. The Kier molecular flexibility index (Phi) is 3.85. The molecule has 1 N–H and O–H groups in total. The minimum Gasteiger partial charge on any atom is -0.361 e. The van der Waals surface area contributed by atoms with Crippen LogP contribution in [0.1, 0.15) is 12.5 Å². The van der Waals surface area contributed by atoms with Gasteiger partial charge in [-0.1, -0.05) is 19.1 Å². The minimum atomic E-state index is -4.55. The van der Waals surface area contributed by atoms with Gasteiger partial charge < -0.3 is 5.32 Å². The number of nitrogens with one attached hydrogen (secondary N) is 1. The van der Waals surface area contributed by atoms with E-state index in [1.807, 2.05) is 19.1 Å². The molecule has 0 heterocycles. The molecule has 0 aromatic heterocycles. The van der Waals surface area contributed by atoms with E-state index in [0.29, 0.717) is 11.1 Å². The van der Waals surface area contributed by atoms with Crippen LogP contribution >= 0.6 is 0 Å². The molecule has 0 aliphatic heterocycles. The van der Waals surface area contributed by atoms with E-state index in [1.165, 1.54) is 5.56 Å². The molecule has 3 nitrogen and oxygen atoms in total. The zero-order valence-electron chi connectivity index (χ0n) is 8.27. The highest BCUT2D eigenvalue weighted by Gasteiger charge is 1.97. The monoisotopic (exact) mass is 229 g/mol. The lowest BCUT2D eigenvalue weighted by molar-refractivity contribution is 0.563. The van der Waals surface area contributed by atoms with E-state index < -0.39 is 10.2 Å². The van der Waals surface area contributed by atoms with E-state index in [0.717, 1.165) is 12.6 Å². The zero-order chi connectivity index (χ0) is 11.3. The Morgan fingerprint density at radius 2 is 1.93 bits per heavy atom. The topological polar surface area (TPSA) is 46.2 Å². The first kappa shape index (κ1) is 11.7. The predicted octanol–water partition coefficient (Wildman–Crippen LogP) is 2.43. The van der Waals surface area contributed by atoms with Crippen LogP contribution in [0.4, 0.5) is 9.57 Å². The maximum Gasteiger partial charge on any atom is 0.326 e. The molecule has 5 heteroatoms. The Hall–Kier alpha value is -1.36. The normalized spacial score (nSPS) is 11.9. The SMILES string of the molecule is CCc1ccc(NC=CS(=O)(=O)F)cc1.